The summed E-state index contributed by atoms with van der Waals surface area (Å²) in [4.78, 5) is 21.8. The van der Waals surface area contributed by atoms with E-state index in [0.29, 0.717) is 6.42 Å². The molecule has 1 saturated carbocycles. The molecule has 1 N–H and O–H groups in total. The van der Waals surface area contributed by atoms with Crippen molar-refractivity contribution in [1.29, 1.82) is 0 Å². The summed E-state index contributed by atoms with van der Waals surface area (Å²) >= 11 is 0. The first-order valence-corrected chi connectivity index (χ1v) is 8.01. The number of hydrogen-bond acceptors (Lipinski definition) is 4. The standard InChI is InChI=1S/C18H20N4O/c1-10-14-15(11-4-6-19-7-5-11)16-12(20-17(14)22-21-10)8-18(2,3)9-13(16)23/h4-7,15-16H,8-9H2,1-3H3,(H,21,22). The van der Waals surface area contributed by atoms with Crippen molar-refractivity contribution >= 4 is 17.3 Å². The van der Waals surface area contributed by atoms with Crippen molar-refractivity contribution in [3.8, 4) is 0 Å². The number of H-pyrrole nitrogens is 1. The Kier molecular flexibility index (Phi) is 3.01. The number of carbonyl (C=O) groups is 1. The van der Waals surface area contributed by atoms with Crippen molar-refractivity contribution in [2.24, 2.45) is 16.3 Å². The number of aliphatic imine (C=N–C) groups is 1. The number of fused-ring (bicyclic) bond motifs is 2. The molecule has 2 aliphatic rings. The van der Waals surface area contributed by atoms with Crippen molar-refractivity contribution in [2.45, 2.75) is 39.5 Å². The zero-order valence-electron chi connectivity index (χ0n) is 13.6. The highest BCUT2D eigenvalue weighted by Crippen LogP contribution is 2.48. The van der Waals surface area contributed by atoms with Crippen LogP contribution in [0.3, 0.4) is 0 Å². The third kappa shape index (κ3) is 2.22. The van der Waals surface area contributed by atoms with Gasteiger partial charge in [-0.3, -0.25) is 14.9 Å². The monoisotopic (exact) mass is 308 g/mol. The van der Waals surface area contributed by atoms with E-state index in [1.54, 1.807) is 12.4 Å². The number of Topliss-reactive ketones (excluding diaryl/α,β-unsaturated/α-hetero) is 1. The van der Waals surface area contributed by atoms with Gasteiger partial charge in [-0.15, -0.1) is 0 Å². The first-order chi connectivity index (χ1) is 11.0. The van der Waals surface area contributed by atoms with Gasteiger partial charge >= 0.3 is 0 Å². The third-order valence-corrected chi connectivity index (χ3v) is 4.95. The minimum absolute atomic E-state index is 0.0113. The van der Waals surface area contributed by atoms with Crippen LogP contribution in [-0.4, -0.2) is 26.7 Å². The lowest BCUT2D eigenvalue weighted by Crippen LogP contribution is -2.42. The Hall–Kier alpha value is -2.30. The number of pyridine rings is 1. The zero-order valence-corrected chi connectivity index (χ0v) is 13.6. The first-order valence-electron chi connectivity index (χ1n) is 8.01. The molecule has 23 heavy (non-hydrogen) atoms. The lowest BCUT2D eigenvalue weighted by atomic mass is 9.64. The molecule has 4 rings (SSSR count). The average Bonchev–Trinajstić information content (AvgIpc) is 2.86. The molecule has 0 aromatic carbocycles. The van der Waals surface area contributed by atoms with Gasteiger partial charge in [0.2, 0.25) is 0 Å². The van der Waals surface area contributed by atoms with Gasteiger partial charge in [-0.05, 0) is 36.5 Å². The molecule has 118 valence electrons. The summed E-state index contributed by atoms with van der Waals surface area (Å²) < 4.78 is 0. The number of rotatable bonds is 1. The molecule has 1 aliphatic carbocycles. The fraction of sp³-hybridized carbons (Fsp3) is 0.444. The Morgan fingerprint density at radius 1 is 1.17 bits per heavy atom. The molecule has 1 aliphatic heterocycles. The summed E-state index contributed by atoms with van der Waals surface area (Å²) in [6.45, 7) is 6.27. The van der Waals surface area contributed by atoms with Crippen molar-refractivity contribution < 1.29 is 4.79 Å². The number of nitrogens with zero attached hydrogens (tertiary/aromatic N) is 3. The van der Waals surface area contributed by atoms with Crippen LogP contribution in [0.5, 0.6) is 0 Å². The second-order valence-corrected chi connectivity index (χ2v) is 7.41. The van der Waals surface area contributed by atoms with Crippen LogP contribution in [0.15, 0.2) is 29.5 Å². The van der Waals surface area contributed by atoms with E-state index in [1.165, 1.54) is 0 Å². The highest BCUT2D eigenvalue weighted by Gasteiger charge is 2.46. The number of ketones is 1. The molecule has 1 fully saturated rings. The predicted octanol–water partition coefficient (Wildman–Crippen LogP) is 3.34. The topological polar surface area (TPSA) is 71.0 Å². The lowest BCUT2D eigenvalue weighted by molar-refractivity contribution is -0.124. The van der Waals surface area contributed by atoms with Crippen LogP contribution < -0.4 is 0 Å². The van der Waals surface area contributed by atoms with E-state index in [4.69, 9.17) is 4.99 Å². The molecule has 0 amide bonds. The number of hydrogen-bond donors (Lipinski definition) is 1. The molecule has 0 bridgehead atoms. The van der Waals surface area contributed by atoms with Gasteiger partial charge in [0.25, 0.3) is 0 Å². The minimum Gasteiger partial charge on any atom is -0.299 e. The Labute approximate surface area is 135 Å². The lowest BCUT2D eigenvalue weighted by Gasteiger charge is -2.40. The van der Waals surface area contributed by atoms with Crippen LogP contribution >= 0.6 is 0 Å². The van der Waals surface area contributed by atoms with Gasteiger partial charge in [-0.2, -0.15) is 5.10 Å². The van der Waals surface area contributed by atoms with Crippen LogP contribution in [-0.2, 0) is 4.79 Å². The summed E-state index contributed by atoms with van der Waals surface area (Å²) in [6, 6.07) is 3.99. The maximum atomic E-state index is 12.9. The Morgan fingerprint density at radius 2 is 1.91 bits per heavy atom. The van der Waals surface area contributed by atoms with Gasteiger partial charge in [0.1, 0.15) is 5.78 Å². The van der Waals surface area contributed by atoms with E-state index in [9.17, 15) is 4.79 Å². The summed E-state index contributed by atoms with van der Waals surface area (Å²) in [7, 11) is 0. The highest BCUT2D eigenvalue weighted by atomic mass is 16.1. The van der Waals surface area contributed by atoms with Gasteiger partial charge in [0.05, 0.1) is 5.92 Å². The second kappa shape index (κ2) is 4.85. The molecule has 2 atom stereocenters. The van der Waals surface area contributed by atoms with Crippen molar-refractivity contribution in [3.05, 3.63) is 41.3 Å². The molecule has 2 unspecified atom stereocenters. The zero-order chi connectivity index (χ0) is 16.2. The van der Waals surface area contributed by atoms with Crippen LogP contribution in [0, 0.1) is 18.3 Å². The van der Waals surface area contributed by atoms with E-state index in [1.807, 2.05) is 19.1 Å². The maximum Gasteiger partial charge on any atom is 0.177 e. The predicted molar refractivity (Wildman–Crippen MR) is 88.0 cm³/mol. The summed E-state index contributed by atoms with van der Waals surface area (Å²) in [6.07, 6.45) is 5.01. The number of aromatic nitrogens is 3. The van der Waals surface area contributed by atoms with Crippen molar-refractivity contribution in [2.75, 3.05) is 0 Å². The largest absolute Gasteiger partial charge is 0.299 e. The molecule has 5 nitrogen and oxygen atoms in total. The number of aryl methyl sites for hydroxylation is 1. The maximum absolute atomic E-state index is 12.9. The number of aromatic amines is 1. The average molecular weight is 308 g/mol. The number of carbonyl (C=O) groups excluding carboxylic acids is 1. The normalized spacial score (nSPS) is 25.5. The molecule has 2 aromatic heterocycles. The molecular formula is C18H20N4O. The van der Waals surface area contributed by atoms with Crippen LogP contribution in [0.25, 0.3) is 0 Å². The van der Waals surface area contributed by atoms with Crippen molar-refractivity contribution in [1.82, 2.24) is 15.2 Å². The van der Waals surface area contributed by atoms with E-state index in [2.05, 4.69) is 29.0 Å². The van der Waals surface area contributed by atoms with Gasteiger partial charge in [0.15, 0.2) is 5.82 Å². The minimum atomic E-state index is -0.172. The molecule has 3 heterocycles. The smallest absolute Gasteiger partial charge is 0.177 e. The van der Waals surface area contributed by atoms with Gasteiger partial charge in [-0.1, -0.05) is 13.8 Å². The Balaban J connectivity index is 1.92. The van der Waals surface area contributed by atoms with Crippen molar-refractivity contribution in [3.63, 3.8) is 0 Å². The quantitative estimate of drug-likeness (QED) is 0.878. The molecule has 5 heteroatoms. The molecule has 0 spiro atoms. The second-order valence-electron chi connectivity index (χ2n) is 7.41. The Morgan fingerprint density at radius 3 is 2.65 bits per heavy atom. The number of nitrogens with one attached hydrogen (secondary N) is 1. The molecular weight excluding hydrogens is 288 g/mol. The van der Waals surface area contributed by atoms with E-state index >= 15 is 0 Å². The molecule has 2 aromatic rings. The summed E-state index contributed by atoms with van der Waals surface area (Å²) in [5.74, 6) is 0.839. The molecule has 0 radical (unpaired) electrons. The van der Waals surface area contributed by atoms with E-state index in [-0.39, 0.29) is 23.0 Å². The van der Waals surface area contributed by atoms with Crippen LogP contribution in [0.2, 0.25) is 0 Å². The van der Waals surface area contributed by atoms with Gasteiger partial charge in [0, 0.05) is 41.7 Å². The highest BCUT2D eigenvalue weighted by molar-refractivity contribution is 6.11. The van der Waals surface area contributed by atoms with Crippen LogP contribution in [0.1, 0.15) is 49.4 Å². The summed E-state index contributed by atoms with van der Waals surface area (Å²) in [5.41, 5.74) is 4.10. The fourth-order valence-electron chi connectivity index (χ4n) is 4.03. The van der Waals surface area contributed by atoms with Crippen LogP contribution in [0.4, 0.5) is 5.82 Å². The SMILES string of the molecule is Cc1[nH]nc2c1C(c1ccncc1)C1C(=O)CC(C)(C)CC1=N2. The third-order valence-electron chi connectivity index (χ3n) is 4.95. The van der Waals surface area contributed by atoms with Gasteiger partial charge < -0.3 is 0 Å². The van der Waals surface area contributed by atoms with E-state index < -0.39 is 0 Å². The van der Waals surface area contributed by atoms with E-state index in [0.717, 1.165) is 34.8 Å². The van der Waals surface area contributed by atoms with Gasteiger partial charge in [-0.25, -0.2) is 4.99 Å². The summed E-state index contributed by atoms with van der Waals surface area (Å²) in [5, 5.41) is 7.40. The first kappa shape index (κ1) is 14.3. The Bertz CT molecular complexity index is 804. The molecule has 0 saturated heterocycles. The fourth-order valence-corrected chi connectivity index (χ4v) is 4.03.